The summed E-state index contributed by atoms with van der Waals surface area (Å²) in [5.41, 5.74) is -1.56. The third kappa shape index (κ3) is 4.01. The standard InChI is InChI=1S/C13H5F19O2/c1-3(2)4(33)34-11(26,13(30,31)32)9(22,23)7(18,19)5(14,15)6(16,17)8(20,21)10(24,25)12(27,28)29/h1H2,2H3. The average molecular weight is 554 g/mol. The van der Waals surface area contributed by atoms with E-state index < -0.39 is 65.3 Å². The van der Waals surface area contributed by atoms with E-state index in [-0.39, 0.29) is 6.92 Å². The number of carbonyl (C=O) groups excluding carboxylic acids is 1. The van der Waals surface area contributed by atoms with Crippen molar-refractivity contribution in [2.24, 2.45) is 0 Å². The Morgan fingerprint density at radius 3 is 1.00 bits per heavy atom. The maximum absolute atomic E-state index is 13.9. The van der Waals surface area contributed by atoms with E-state index in [0.29, 0.717) is 0 Å². The average Bonchev–Trinajstić information content (AvgIpc) is 2.58. The molecule has 0 saturated heterocycles. The van der Waals surface area contributed by atoms with E-state index in [1.165, 1.54) is 0 Å². The van der Waals surface area contributed by atoms with Gasteiger partial charge in [0.15, 0.2) is 0 Å². The van der Waals surface area contributed by atoms with Gasteiger partial charge in [-0.15, -0.1) is 0 Å². The minimum atomic E-state index is -9.01. The SMILES string of the molecule is C=C(C)C(=O)OC(F)(C(F)(F)F)C(F)(F)C(F)(F)C(F)(F)C(F)(F)C(F)(F)C(F)(F)C(F)(F)F. The van der Waals surface area contributed by atoms with Gasteiger partial charge in [-0.05, 0) is 6.92 Å². The van der Waals surface area contributed by atoms with Crippen LogP contribution in [0.2, 0.25) is 0 Å². The molecule has 0 aromatic carbocycles. The number of esters is 1. The molecular formula is C13H5F19O2. The van der Waals surface area contributed by atoms with Gasteiger partial charge in [0.1, 0.15) is 0 Å². The summed E-state index contributed by atoms with van der Waals surface area (Å²) < 4.78 is 249. The summed E-state index contributed by atoms with van der Waals surface area (Å²) in [7, 11) is 0. The van der Waals surface area contributed by atoms with E-state index in [0.717, 1.165) is 0 Å². The quantitative estimate of drug-likeness (QED) is 0.190. The Labute approximate surface area is 173 Å². The van der Waals surface area contributed by atoms with Crippen LogP contribution in [0.15, 0.2) is 12.2 Å². The molecular weight excluding hydrogens is 549 g/mol. The molecule has 1 unspecified atom stereocenters. The predicted octanol–water partition coefficient (Wildman–Crippen LogP) is 6.71. The van der Waals surface area contributed by atoms with Gasteiger partial charge < -0.3 is 4.74 Å². The van der Waals surface area contributed by atoms with Crippen molar-refractivity contribution in [2.75, 3.05) is 0 Å². The predicted molar refractivity (Wildman–Crippen MR) is 66.5 cm³/mol. The van der Waals surface area contributed by atoms with E-state index in [4.69, 9.17) is 0 Å². The number of rotatable bonds is 8. The van der Waals surface area contributed by atoms with Crippen molar-refractivity contribution in [3.63, 3.8) is 0 Å². The summed E-state index contributed by atoms with van der Waals surface area (Å²) in [6, 6.07) is 0. The first-order valence-electron chi connectivity index (χ1n) is 7.31. The van der Waals surface area contributed by atoms with Gasteiger partial charge in [0, 0.05) is 5.57 Å². The molecule has 0 N–H and O–H groups in total. The minimum Gasteiger partial charge on any atom is -0.411 e. The van der Waals surface area contributed by atoms with E-state index in [1.807, 2.05) is 0 Å². The van der Waals surface area contributed by atoms with Crippen LogP contribution >= 0.6 is 0 Å². The van der Waals surface area contributed by atoms with Crippen molar-refractivity contribution >= 4 is 5.97 Å². The summed E-state index contributed by atoms with van der Waals surface area (Å²) in [5, 5.41) is 0. The molecule has 0 fully saturated rings. The van der Waals surface area contributed by atoms with E-state index in [1.54, 1.807) is 0 Å². The van der Waals surface area contributed by atoms with Crippen LogP contribution in [0, 0.1) is 0 Å². The summed E-state index contributed by atoms with van der Waals surface area (Å²) >= 11 is 0. The highest BCUT2D eigenvalue weighted by Gasteiger charge is 2.97. The summed E-state index contributed by atoms with van der Waals surface area (Å²) in [4.78, 5) is 10.9. The lowest BCUT2D eigenvalue weighted by atomic mass is 9.88. The molecule has 202 valence electrons. The topological polar surface area (TPSA) is 26.3 Å². The summed E-state index contributed by atoms with van der Waals surface area (Å²) in [6.07, 6.45) is -15.7. The second-order valence-corrected chi connectivity index (χ2v) is 6.21. The molecule has 0 bridgehead atoms. The van der Waals surface area contributed by atoms with Gasteiger partial charge in [-0.25, -0.2) is 4.79 Å². The van der Waals surface area contributed by atoms with Crippen LogP contribution in [0.4, 0.5) is 83.4 Å². The van der Waals surface area contributed by atoms with Gasteiger partial charge in [0.2, 0.25) is 0 Å². The largest absolute Gasteiger partial charge is 0.467 e. The number of carbonyl (C=O) groups is 1. The Kier molecular flexibility index (Phi) is 7.46. The van der Waals surface area contributed by atoms with Crippen molar-refractivity contribution in [1.29, 1.82) is 0 Å². The smallest absolute Gasteiger partial charge is 0.411 e. The van der Waals surface area contributed by atoms with Gasteiger partial charge >= 0.3 is 59.7 Å². The van der Waals surface area contributed by atoms with Crippen molar-refractivity contribution < 1.29 is 92.9 Å². The normalized spacial score (nSPS) is 17.3. The molecule has 2 nitrogen and oxygen atoms in total. The molecule has 1 atom stereocenters. The summed E-state index contributed by atoms with van der Waals surface area (Å²) in [6.45, 7) is 2.54. The van der Waals surface area contributed by atoms with Crippen LogP contribution in [0.3, 0.4) is 0 Å². The fourth-order valence-electron chi connectivity index (χ4n) is 1.68. The fourth-order valence-corrected chi connectivity index (χ4v) is 1.68. The lowest BCUT2D eigenvalue weighted by Gasteiger charge is -2.44. The molecule has 0 aliphatic rings. The van der Waals surface area contributed by atoms with Crippen LogP contribution in [-0.2, 0) is 9.53 Å². The third-order valence-electron chi connectivity index (χ3n) is 3.68. The Morgan fingerprint density at radius 2 is 0.765 bits per heavy atom. The van der Waals surface area contributed by atoms with Crippen LogP contribution in [0.5, 0.6) is 0 Å². The molecule has 0 heterocycles. The Hall–Kier alpha value is -2.12. The van der Waals surface area contributed by atoms with Gasteiger partial charge in [-0.2, -0.15) is 83.4 Å². The van der Waals surface area contributed by atoms with Crippen LogP contribution in [-0.4, -0.2) is 59.7 Å². The van der Waals surface area contributed by atoms with Crippen molar-refractivity contribution in [3.05, 3.63) is 12.2 Å². The lowest BCUT2D eigenvalue weighted by molar-refractivity contribution is -0.481. The molecule has 21 heteroatoms. The number of ether oxygens (including phenoxy) is 1. The van der Waals surface area contributed by atoms with E-state index in [2.05, 4.69) is 11.3 Å². The first-order valence-corrected chi connectivity index (χ1v) is 7.31. The van der Waals surface area contributed by atoms with Crippen LogP contribution < -0.4 is 0 Å². The maximum atomic E-state index is 13.9. The highest BCUT2D eigenvalue weighted by atomic mass is 19.4. The zero-order valence-corrected chi connectivity index (χ0v) is 15.2. The van der Waals surface area contributed by atoms with Crippen molar-refractivity contribution in [1.82, 2.24) is 0 Å². The molecule has 0 rings (SSSR count). The highest BCUT2D eigenvalue weighted by Crippen LogP contribution is 2.65. The molecule has 0 saturated carbocycles. The van der Waals surface area contributed by atoms with Crippen molar-refractivity contribution in [3.8, 4) is 0 Å². The molecule has 0 amide bonds. The van der Waals surface area contributed by atoms with Crippen LogP contribution in [0.1, 0.15) is 6.92 Å². The lowest BCUT2D eigenvalue weighted by Crippen LogP contribution is -2.76. The van der Waals surface area contributed by atoms with Crippen LogP contribution in [0.25, 0.3) is 0 Å². The van der Waals surface area contributed by atoms with Gasteiger partial charge in [0.25, 0.3) is 0 Å². The minimum absolute atomic E-state index is 0.206. The second kappa shape index (κ2) is 7.95. The Bertz CT molecular complexity index is 804. The zero-order chi connectivity index (χ0) is 28.4. The third-order valence-corrected chi connectivity index (χ3v) is 3.68. The molecule has 34 heavy (non-hydrogen) atoms. The van der Waals surface area contributed by atoms with Crippen molar-refractivity contribution in [2.45, 2.75) is 60.7 Å². The molecule has 0 aromatic rings. The molecule has 0 aliphatic carbocycles. The maximum Gasteiger partial charge on any atom is 0.467 e. The molecule has 0 aromatic heterocycles. The number of hydrogen-bond acceptors (Lipinski definition) is 2. The number of alkyl halides is 19. The molecule has 0 aliphatic heterocycles. The second-order valence-electron chi connectivity index (χ2n) is 6.21. The monoisotopic (exact) mass is 554 g/mol. The van der Waals surface area contributed by atoms with Gasteiger partial charge in [-0.3, -0.25) is 0 Å². The Morgan fingerprint density at radius 1 is 0.500 bits per heavy atom. The zero-order valence-electron chi connectivity index (χ0n) is 15.2. The fraction of sp³-hybridized carbons (Fsp3) is 0.769. The van der Waals surface area contributed by atoms with E-state index in [9.17, 15) is 88.2 Å². The first kappa shape index (κ1) is 31.9. The number of hydrogen-bond donors (Lipinski definition) is 0. The number of halogens is 19. The molecule has 0 spiro atoms. The van der Waals surface area contributed by atoms with Gasteiger partial charge in [-0.1, -0.05) is 6.58 Å². The van der Waals surface area contributed by atoms with E-state index >= 15 is 0 Å². The highest BCUT2D eigenvalue weighted by molar-refractivity contribution is 5.87. The Balaban J connectivity index is 7.14. The first-order chi connectivity index (χ1) is 14.3. The summed E-state index contributed by atoms with van der Waals surface area (Å²) in [5.74, 6) is -63.5. The van der Waals surface area contributed by atoms with Gasteiger partial charge in [0.05, 0.1) is 0 Å². The molecule has 0 radical (unpaired) electrons.